The van der Waals surface area contributed by atoms with Gasteiger partial charge in [0.25, 0.3) is 0 Å². The molecular formula is C13H27. The van der Waals surface area contributed by atoms with Crippen molar-refractivity contribution < 1.29 is 0 Å². The molecule has 1 atom stereocenters. The Balaban J connectivity index is 3.58. The maximum atomic E-state index is 2.38. The highest BCUT2D eigenvalue weighted by molar-refractivity contribution is 4.86. The molecule has 13 heavy (non-hydrogen) atoms. The van der Waals surface area contributed by atoms with E-state index in [4.69, 9.17) is 0 Å². The molecule has 0 heterocycles. The van der Waals surface area contributed by atoms with E-state index in [-0.39, 0.29) is 0 Å². The molecule has 0 bridgehead atoms. The molecule has 1 unspecified atom stereocenters. The van der Waals surface area contributed by atoms with Crippen LogP contribution in [0.15, 0.2) is 0 Å². The fraction of sp³-hybridized carbons (Fsp3) is 0.923. The molecule has 0 aliphatic rings. The third kappa shape index (κ3) is 8.33. The zero-order valence-electron chi connectivity index (χ0n) is 10.4. The van der Waals surface area contributed by atoms with Gasteiger partial charge in [0.15, 0.2) is 0 Å². The summed E-state index contributed by atoms with van der Waals surface area (Å²) in [5.41, 5.74) is 0. The fourth-order valence-electron chi connectivity index (χ4n) is 2.26. The summed E-state index contributed by atoms with van der Waals surface area (Å²) in [6.07, 6.45) is 4.01. The Kier molecular flexibility index (Phi) is 6.45. The summed E-state index contributed by atoms with van der Waals surface area (Å²) in [7, 11) is 0. The summed E-state index contributed by atoms with van der Waals surface area (Å²) in [5.74, 6) is 4.23. The van der Waals surface area contributed by atoms with Crippen LogP contribution in [0, 0.1) is 23.7 Å². The second kappa shape index (κ2) is 6.45. The Bertz CT molecular complexity index is 99.2. The highest BCUT2D eigenvalue weighted by Gasteiger charge is 2.11. The van der Waals surface area contributed by atoms with Crippen LogP contribution >= 0.6 is 0 Å². The van der Waals surface area contributed by atoms with Crippen molar-refractivity contribution in [2.24, 2.45) is 17.8 Å². The molecule has 0 aromatic rings. The van der Waals surface area contributed by atoms with Gasteiger partial charge in [0.05, 0.1) is 0 Å². The van der Waals surface area contributed by atoms with Crippen LogP contribution in [-0.4, -0.2) is 0 Å². The second-order valence-electron chi connectivity index (χ2n) is 5.49. The Hall–Kier alpha value is 0. The van der Waals surface area contributed by atoms with Crippen molar-refractivity contribution in [1.29, 1.82) is 0 Å². The molecule has 0 aliphatic heterocycles. The van der Waals surface area contributed by atoms with Crippen LogP contribution in [0.2, 0.25) is 0 Å². The first-order valence-corrected chi connectivity index (χ1v) is 5.73. The van der Waals surface area contributed by atoms with E-state index in [1.165, 1.54) is 19.3 Å². The van der Waals surface area contributed by atoms with Gasteiger partial charge in [0, 0.05) is 0 Å². The minimum atomic E-state index is 0.825. The van der Waals surface area contributed by atoms with Crippen LogP contribution < -0.4 is 0 Å². The van der Waals surface area contributed by atoms with Gasteiger partial charge >= 0.3 is 0 Å². The third-order valence-corrected chi connectivity index (χ3v) is 2.33. The van der Waals surface area contributed by atoms with Crippen LogP contribution in [0.3, 0.4) is 0 Å². The zero-order valence-corrected chi connectivity index (χ0v) is 10.4. The number of rotatable bonds is 6. The van der Waals surface area contributed by atoms with E-state index in [1.807, 2.05) is 0 Å². The van der Waals surface area contributed by atoms with E-state index in [1.54, 1.807) is 5.92 Å². The van der Waals surface area contributed by atoms with Crippen molar-refractivity contribution in [2.75, 3.05) is 0 Å². The van der Waals surface area contributed by atoms with Crippen molar-refractivity contribution in [3.63, 3.8) is 0 Å². The van der Waals surface area contributed by atoms with Crippen molar-refractivity contribution in [3.8, 4) is 0 Å². The van der Waals surface area contributed by atoms with Crippen molar-refractivity contribution in [2.45, 2.75) is 60.8 Å². The monoisotopic (exact) mass is 183 g/mol. The predicted octanol–water partition coefficient (Wildman–Crippen LogP) is 4.70. The Morgan fingerprint density at radius 3 is 1.77 bits per heavy atom. The van der Waals surface area contributed by atoms with E-state index in [0.717, 1.165) is 17.8 Å². The summed E-state index contributed by atoms with van der Waals surface area (Å²) in [6.45, 7) is 13.9. The van der Waals surface area contributed by atoms with Gasteiger partial charge in [0.2, 0.25) is 0 Å². The van der Waals surface area contributed by atoms with Gasteiger partial charge in [-0.3, -0.25) is 0 Å². The molecule has 0 fully saturated rings. The highest BCUT2D eigenvalue weighted by Crippen LogP contribution is 2.24. The molecule has 0 spiro atoms. The van der Waals surface area contributed by atoms with Gasteiger partial charge < -0.3 is 0 Å². The first kappa shape index (κ1) is 13.0. The molecular weight excluding hydrogens is 156 g/mol. The van der Waals surface area contributed by atoms with E-state index in [2.05, 4.69) is 41.5 Å². The van der Waals surface area contributed by atoms with E-state index in [0.29, 0.717) is 0 Å². The normalized spacial score (nSPS) is 14.5. The van der Waals surface area contributed by atoms with Crippen LogP contribution in [0.5, 0.6) is 0 Å². The maximum absolute atomic E-state index is 2.38. The van der Waals surface area contributed by atoms with Crippen molar-refractivity contribution in [1.82, 2.24) is 0 Å². The highest BCUT2D eigenvalue weighted by atomic mass is 14.2. The first-order valence-electron chi connectivity index (χ1n) is 5.73. The molecule has 79 valence electrons. The van der Waals surface area contributed by atoms with Gasteiger partial charge in [-0.15, -0.1) is 0 Å². The molecule has 1 radical (unpaired) electrons. The molecule has 0 heteroatoms. The Morgan fingerprint density at radius 2 is 1.38 bits per heavy atom. The minimum absolute atomic E-state index is 0.825. The lowest BCUT2D eigenvalue weighted by atomic mass is 9.86. The first-order chi connectivity index (χ1) is 5.91. The summed E-state index contributed by atoms with van der Waals surface area (Å²) in [6, 6.07) is 0. The van der Waals surface area contributed by atoms with Crippen molar-refractivity contribution in [3.05, 3.63) is 5.92 Å². The summed E-state index contributed by atoms with van der Waals surface area (Å²) < 4.78 is 0. The summed E-state index contributed by atoms with van der Waals surface area (Å²) >= 11 is 0. The lowest BCUT2D eigenvalue weighted by molar-refractivity contribution is 0.406. The maximum Gasteiger partial charge on any atom is -0.0267 e. The molecule has 0 aromatic carbocycles. The van der Waals surface area contributed by atoms with Crippen LogP contribution in [-0.2, 0) is 0 Å². The van der Waals surface area contributed by atoms with E-state index >= 15 is 0 Å². The molecule has 0 aromatic heterocycles. The quantitative estimate of drug-likeness (QED) is 0.560. The summed E-state index contributed by atoms with van der Waals surface area (Å²) in [5, 5.41) is 0. The van der Waals surface area contributed by atoms with Gasteiger partial charge in [-0.1, -0.05) is 41.5 Å². The molecule has 0 rings (SSSR count). The molecule has 0 nitrogen and oxygen atoms in total. The SMILES string of the molecule is C[C](CC(C)C)CC(C)CC(C)C. The molecule has 0 amide bonds. The largest absolute Gasteiger partial charge is 0.0628 e. The number of hydrogen-bond acceptors (Lipinski definition) is 0. The average Bonchev–Trinajstić information content (AvgIpc) is 1.80. The second-order valence-corrected chi connectivity index (χ2v) is 5.49. The molecule has 0 saturated heterocycles. The van der Waals surface area contributed by atoms with Crippen LogP contribution in [0.4, 0.5) is 0 Å². The molecule has 0 saturated carbocycles. The lowest BCUT2D eigenvalue weighted by Gasteiger charge is -2.19. The van der Waals surface area contributed by atoms with Crippen LogP contribution in [0.1, 0.15) is 60.8 Å². The average molecular weight is 183 g/mol. The van der Waals surface area contributed by atoms with Gasteiger partial charge in [-0.2, -0.15) is 0 Å². The van der Waals surface area contributed by atoms with E-state index < -0.39 is 0 Å². The van der Waals surface area contributed by atoms with E-state index in [9.17, 15) is 0 Å². The molecule has 0 aliphatic carbocycles. The smallest absolute Gasteiger partial charge is 0.0267 e. The third-order valence-electron chi connectivity index (χ3n) is 2.33. The number of hydrogen-bond donors (Lipinski definition) is 0. The Labute approximate surface area is 85.1 Å². The Morgan fingerprint density at radius 1 is 0.846 bits per heavy atom. The zero-order chi connectivity index (χ0) is 10.4. The van der Waals surface area contributed by atoms with Crippen LogP contribution in [0.25, 0.3) is 0 Å². The van der Waals surface area contributed by atoms with Crippen molar-refractivity contribution >= 4 is 0 Å². The van der Waals surface area contributed by atoms with Gasteiger partial charge in [-0.25, -0.2) is 0 Å². The van der Waals surface area contributed by atoms with Gasteiger partial charge in [0.1, 0.15) is 0 Å². The standard InChI is InChI=1S/C13H27/c1-10(2)7-12(5)9-13(6)8-11(3)4/h10-12H,7-9H2,1-6H3. The minimum Gasteiger partial charge on any atom is -0.0628 e. The predicted molar refractivity (Wildman–Crippen MR) is 61.6 cm³/mol. The molecule has 0 N–H and O–H groups in total. The van der Waals surface area contributed by atoms with Gasteiger partial charge in [-0.05, 0) is 42.9 Å². The lowest BCUT2D eigenvalue weighted by Crippen LogP contribution is -2.06. The summed E-state index contributed by atoms with van der Waals surface area (Å²) in [4.78, 5) is 0. The fourth-order valence-corrected chi connectivity index (χ4v) is 2.26. The topological polar surface area (TPSA) is 0 Å².